The van der Waals surface area contributed by atoms with E-state index in [1.807, 2.05) is 29.4 Å². The van der Waals surface area contributed by atoms with Gasteiger partial charge in [-0.2, -0.15) is 21.2 Å². The van der Waals surface area contributed by atoms with Gasteiger partial charge in [0.1, 0.15) is 30.7 Å². The molecule has 0 spiro atoms. The summed E-state index contributed by atoms with van der Waals surface area (Å²) in [6.07, 6.45) is -0.796. The summed E-state index contributed by atoms with van der Waals surface area (Å²) in [4.78, 5) is 38.4. The number of carbonyl (C=O) groups excluding carboxylic acids is 1. The largest absolute Gasteiger partial charge is 0.460 e. The predicted molar refractivity (Wildman–Crippen MR) is 153 cm³/mol. The van der Waals surface area contributed by atoms with Crippen molar-refractivity contribution in [2.75, 3.05) is 18.6 Å². The lowest BCUT2D eigenvalue weighted by Crippen LogP contribution is -2.39. The molecule has 2 heterocycles. The Labute approximate surface area is 244 Å². The van der Waals surface area contributed by atoms with Crippen molar-refractivity contribution in [1.82, 2.24) is 14.6 Å². The van der Waals surface area contributed by atoms with Gasteiger partial charge in [-0.1, -0.05) is 48.5 Å². The highest BCUT2D eigenvalue weighted by Gasteiger charge is 2.40. The number of halogens is 1. The van der Waals surface area contributed by atoms with Crippen molar-refractivity contribution in [2.24, 2.45) is 0 Å². The first-order valence-corrected chi connectivity index (χ1v) is 15.9. The summed E-state index contributed by atoms with van der Waals surface area (Å²) in [6.45, 7) is -0.473. The van der Waals surface area contributed by atoms with Gasteiger partial charge in [0.15, 0.2) is 0 Å². The summed E-state index contributed by atoms with van der Waals surface area (Å²) in [6, 6.07) is 16.2. The van der Waals surface area contributed by atoms with Gasteiger partial charge in [0.05, 0.1) is 18.9 Å². The third-order valence-corrected chi connectivity index (χ3v) is 8.46. The van der Waals surface area contributed by atoms with Gasteiger partial charge in [-0.25, -0.2) is 9.36 Å². The van der Waals surface area contributed by atoms with E-state index in [9.17, 15) is 28.4 Å². The van der Waals surface area contributed by atoms with Crippen molar-refractivity contribution in [3.63, 3.8) is 0 Å². The van der Waals surface area contributed by atoms with E-state index in [0.717, 1.165) is 10.1 Å². The number of aromatic amines is 1. The van der Waals surface area contributed by atoms with Crippen molar-refractivity contribution in [3.05, 3.63) is 99.1 Å². The summed E-state index contributed by atoms with van der Waals surface area (Å²) in [5.41, 5.74) is -1.33. The molecule has 1 saturated heterocycles. The minimum atomic E-state index is -4.31. The molecule has 42 heavy (non-hydrogen) atoms. The number of hydrogen-bond acceptors (Lipinski definition) is 10. The molecule has 5 atom stereocenters. The van der Waals surface area contributed by atoms with Crippen LogP contribution in [-0.2, 0) is 30.0 Å². The van der Waals surface area contributed by atoms with Gasteiger partial charge in [-0.3, -0.25) is 23.7 Å². The van der Waals surface area contributed by atoms with E-state index in [2.05, 4.69) is 5.09 Å². The Morgan fingerprint density at radius 2 is 1.90 bits per heavy atom. The maximum Gasteiger partial charge on any atom is 0.459 e. The molecule has 0 aliphatic carbocycles. The Kier molecular flexibility index (Phi) is 11.1. The summed E-state index contributed by atoms with van der Waals surface area (Å²) in [5.74, 6) is -1.14. The molecule has 1 fully saturated rings. The molecule has 15 heteroatoms. The average molecular weight is 624 g/mol. The maximum atomic E-state index is 14.0. The van der Waals surface area contributed by atoms with E-state index in [-0.39, 0.29) is 25.2 Å². The van der Waals surface area contributed by atoms with Gasteiger partial charge in [-0.15, -0.1) is 0 Å². The molecular formula is C27H31FN3O9PS. The number of para-hydroxylation sites is 1. The van der Waals surface area contributed by atoms with Gasteiger partial charge < -0.3 is 19.1 Å². The number of nitrogens with zero attached hydrogens (tertiary/aromatic N) is 1. The zero-order chi connectivity index (χ0) is 30.1. The molecule has 1 aliphatic rings. The summed E-state index contributed by atoms with van der Waals surface area (Å²) >= 11 is 1.48. The number of thioether (sulfide) groups is 1. The fraction of sp³-hybridized carbons (Fsp3) is 0.370. The highest BCUT2D eigenvalue weighted by Crippen LogP contribution is 2.46. The van der Waals surface area contributed by atoms with Crippen LogP contribution in [0.2, 0.25) is 0 Å². The maximum absolute atomic E-state index is 14.0. The van der Waals surface area contributed by atoms with Gasteiger partial charge in [0.25, 0.3) is 5.56 Å². The Hall–Kier alpha value is -3.26. The molecule has 4 rings (SSSR count). The molecule has 0 saturated carbocycles. The molecule has 12 nitrogen and oxygen atoms in total. The first kappa shape index (κ1) is 31.7. The van der Waals surface area contributed by atoms with Crippen molar-refractivity contribution in [3.8, 4) is 5.75 Å². The number of H-pyrrole nitrogens is 1. The highest BCUT2D eigenvalue weighted by atomic mass is 32.2. The van der Waals surface area contributed by atoms with Crippen LogP contribution in [0.3, 0.4) is 0 Å². The van der Waals surface area contributed by atoms with E-state index in [1.54, 1.807) is 42.5 Å². The summed E-state index contributed by atoms with van der Waals surface area (Å²) in [5, 5.41) is 13.3. The third kappa shape index (κ3) is 8.63. The van der Waals surface area contributed by atoms with Crippen LogP contribution in [0.4, 0.5) is 4.39 Å². The number of aromatic nitrogens is 2. The lowest BCUT2D eigenvalue weighted by atomic mass is 10.2. The Bertz CT molecular complexity index is 1490. The molecule has 1 aromatic heterocycles. The highest BCUT2D eigenvalue weighted by molar-refractivity contribution is 7.98. The predicted octanol–water partition coefficient (Wildman–Crippen LogP) is 2.98. The molecule has 3 N–H and O–H groups in total. The Morgan fingerprint density at radius 1 is 1.21 bits per heavy atom. The van der Waals surface area contributed by atoms with Crippen LogP contribution in [0.15, 0.2) is 76.4 Å². The lowest BCUT2D eigenvalue weighted by Gasteiger charge is -2.26. The van der Waals surface area contributed by atoms with Crippen molar-refractivity contribution in [2.45, 2.75) is 43.9 Å². The van der Waals surface area contributed by atoms with Gasteiger partial charge in [0.2, 0.25) is 5.82 Å². The normalized spacial score (nSPS) is 20.5. The van der Waals surface area contributed by atoms with Crippen LogP contribution in [-0.4, -0.2) is 57.5 Å². The van der Waals surface area contributed by atoms with Gasteiger partial charge >= 0.3 is 19.4 Å². The number of aliphatic hydroxyl groups excluding tert-OH is 1. The molecule has 2 aromatic carbocycles. The fourth-order valence-electron chi connectivity index (χ4n) is 4.08. The second kappa shape index (κ2) is 14.8. The second-order valence-electron chi connectivity index (χ2n) is 9.33. The molecule has 1 aliphatic heterocycles. The van der Waals surface area contributed by atoms with Gasteiger partial charge in [0, 0.05) is 6.42 Å². The first-order valence-electron chi connectivity index (χ1n) is 13.0. The van der Waals surface area contributed by atoms with Crippen molar-refractivity contribution < 1.29 is 37.4 Å². The van der Waals surface area contributed by atoms with Crippen LogP contribution in [0, 0.1) is 5.82 Å². The first-order chi connectivity index (χ1) is 20.2. The number of ether oxygens (including phenoxy) is 2. The van der Waals surface area contributed by atoms with Crippen LogP contribution in [0.25, 0.3) is 0 Å². The molecule has 226 valence electrons. The topological polar surface area (TPSA) is 158 Å². The molecule has 2 unspecified atom stereocenters. The van der Waals surface area contributed by atoms with E-state index in [1.165, 1.54) is 11.8 Å². The smallest absolute Gasteiger partial charge is 0.459 e. The minimum Gasteiger partial charge on any atom is -0.460 e. The van der Waals surface area contributed by atoms with Crippen LogP contribution in [0.1, 0.15) is 24.6 Å². The monoisotopic (exact) mass is 623 g/mol. The lowest BCUT2D eigenvalue weighted by molar-refractivity contribution is -0.147. The zero-order valence-electron chi connectivity index (χ0n) is 22.6. The summed E-state index contributed by atoms with van der Waals surface area (Å²) in [7, 11) is -4.31. The van der Waals surface area contributed by atoms with Crippen LogP contribution < -0.4 is 20.9 Å². The number of rotatable bonds is 14. The minimum absolute atomic E-state index is 0.00995. The second-order valence-corrected chi connectivity index (χ2v) is 12.0. The Morgan fingerprint density at radius 3 is 2.60 bits per heavy atom. The quantitative estimate of drug-likeness (QED) is 0.179. The summed E-state index contributed by atoms with van der Waals surface area (Å²) < 4.78 is 51.2. The number of nitrogens with one attached hydrogen (secondary N) is 2. The Balaban J connectivity index is 1.49. The number of hydrogen-bond donors (Lipinski definition) is 3. The van der Waals surface area contributed by atoms with Crippen molar-refractivity contribution in [1.29, 1.82) is 0 Å². The van der Waals surface area contributed by atoms with E-state index >= 15 is 0 Å². The van der Waals surface area contributed by atoms with E-state index < -0.39 is 61.9 Å². The number of esters is 1. The van der Waals surface area contributed by atoms with E-state index in [0.29, 0.717) is 11.9 Å². The van der Waals surface area contributed by atoms with E-state index in [4.69, 9.17) is 18.5 Å². The molecular weight excluding hydrogens is 592 g/mol. The molecule has 0 amide bonds. The third-order valence-electron chi connectivity index (χ3n) is 6.25. The van der Waals surface area contributed by atoms with Crippen molar-refractivity contribution >= 4 is 25.5 Å². The number of benzene rings is 2. The number of carbonyl (C=O) groups is 1. The SMILES string of the molecule is CSCC[C@H](NP(=O)(OCC1O[C@@H](n2cc(F)c(=O)[nH]c2=O)C[C@H]1O)Oc1ccccc1)C(=O)OCc1ccccc1. The van der Waals surface area contributed by atoms with Gasteiger partial charge in [-0.05, 0) is 36.1 Å². The molecule has 0 bridgehead atoms. The number of aliphatic hydroxyl groups is 1. The van der Waals surface area contributed by atoms with Crippen LogP contribution in [0.5, 0.6) is 5.75 Å². The molecule has 3 aromatic rings. The fourth-order valence-corrected chi connectivity index (χ4v) is 6.09. The zero-order valence-corrected chi connectivity index (χ0v) is 24.3. The standard InChI is InChI=1S/C27H31FN3O9PS/c1-42-13-12-21(26(34)37-16-18-8-4-2-5-9-18)30-41(36,40-19-10-6-3-7-11-19)38-17-23-22(32)14-24(39-23)31-15-20(28)25(33)29-27(31)35/h2-11,15,21-24,32H,12-14,16-17H2,1H3,(H,30,36)(H,29,33,35)/t21-,22+,23?,24+,41?/m0/s1. The van der Waals surface area contributed by atoms with Crippen LogP contribution >= 0.6 is 19.5 Å². The molecule has 0 radical (unpaired) electrons. The average Bonchev–Trinajstić information content (AvgIpc) is 3.35.